The van der Waals surface area contributed by atoms with Crippen LogP contribution in [0.1, 0.15) is 12.8 Å². The number of benzene rings is 1. The molecule has 0 radical (unpaired) electrons. The molecule has 1 aromatic carbocycles. The summed E-state index contributed by atoms with van der Waals surface area (Å²) in [4.78, 5) is 10.6. The Bertz CT molecular complexity index is 586. The highest BCUT2D eigenvalue weighted by molar-refractivity contribution is 7.89. The Morgan fingerprint density at radius 1 is 1.22 bits per heavy atom. The van der Waals surface area contributed by atoms with Gasteiger partial charge in [0.15, 0.2) is 0 Å². The zero-order chi connectivity index (χ0) is 13.3. The van der Waals surface area contributed by atoms with Crippen molar-refractivity contribution in [3.05, 3.63) is 29.8 Å². The maximum absolute atomic E-state index is 13.5. The van der Waals surface area contributed by atoms with Crippen molar-refractivity contribution in [1.29, 1.82) is 0 Å². The van der Waals surface area contributed by atoms with Crippen molar-refractivity contribution < 1.29 is 22.0 Å². The average Bonchev–Trinajstić information content (AvgIpc) is 2.28. The molecule has 1 aliphatic rings. The minimum absolute atomic E-state index is 0.172. The summed E-state index contributed by atoms with van der Waals surface area (Å²) in [5.41, 5.74) is 0. The normalized spacial score (nSPS) is 18.0. The van der Waals surface area contributed by atoms with Crippen LogP contribution in [0.2, 0.25) is 0 Å². The van der Waals surface area contributed by atoms with Crippen molar-refractivity contribution in [2.45, 2.75) is 17.7 Å². The molecule has 0 atom stereocenters. The van der Waals surface area contributed by atoms with Crippen molar-refractivity contribution >= 4 is 15.8 Å². The van der Waals surface area contributed by atoms with Crippen molar-refractivity contribution in [2.24, 2.45) is 0 Å². The molecule has 2 rings (SSSR count). The van der Waals surface area contributed by atoms with Crippen LogP contribution in [-0.2, 0) is 14.8 Å². The van der Waals surface area contributed by atoms with Crippen LogP contribution in [0.5, 0.6) is 0 Å². The van der Waals surface area contributed by atoms with Crippen LogP contribution < -0.4 is 0 Å². The number of hydrogen-bond donors (Lipinski definition) is 0. The van der Waals surface area contributed by atoms with Gasteiger partial charge in [-0.1, -0.05) is 0 Å². The molecular weight excluding hydrogens is 264 g/mol. The smallest absolute Gasteiger partial charge is 0.246 e. The summed E-state index contributed by atoms with van der Waals surface area (Å²) in [7, 11) is -4.07. The van der Waals surface area contributed by atoms with E-state index in [1.807, 2.05) is 0 Å². The molecule has 7 heteroatoms. The number of sulfonamides is 1. The SMILES string of the molecule is O=C1CCCN(S(=O)(=O)c2ccc(F)cc2F)C1. The molecule has 1 heterocycles. The number of hydrogen-bond acceptors (Lipinski definition) is 3. The first kappa shape index (κ1) is 13.1. The molecular formula is C11H11F2NO3S. The zero-order valence-electron chi connectivity index (χ0n) is 9.40. The molecule has 0 aromatic heterocycles. The third kappa shape index (κ3) is 2.41. The second kappa shape index (κ2) is 4.74. The molecule has 0 spiro atoms. The van der Waals surface area contributed by atoms with Gasteiger partial charge in [-0.15, -0.1) is 0 Å². The van der Waals surface area contributed by atoms with Gasteiger partial charge in [0.2, 0.25) is 10.0 Å². The van der Waals surface area contributed by atoms with Crippen LogP contribution in [0.15, 0.2) is 23.1 Å². The minimum Gasteiger partial charge on any atom is -0.298 e. The molecule has 0 aliphatic carbocycles. The van der Waals surface area contributed by atoms with Gasteiger partial charge in [0.05, 0.1) is 6.54 Å². The first-order valence-electron chi connectivity index (χ1n) is 5.38. The number of piperidine rings is 1. The van der Waals surface area contributed by atoms with Gasteiger partial charge in [0.25, 0.3) is 0 Å². The van der Waals surface area contributed by atoms with E-state index in [0.29, 0.717) is 18.9 Å². The lowest BCUT2D eigenvalue weighted by atomic mass is 10.1. The van der Waals surface area contributed by atoms with Crippen LogP contribution >= 0.6 is 0 Å². The van der Waals surface area contributed by atoms with Gasteiger partial charge in [-0.3, -0.25) is 4.79 Å². The Morgan fingerprint density at radius 2 is 1.94 bits per heavy atom. The van der Waals surface area contributed by atoms with Crippen molar-refractivity contribution in [3.63, 3.8) is 0 Å². The Hall–Kier alpha value is -1.34. The summed E-state index contributed by atoms with van der Waals surface area (Å²) in [5, 5.41) is 0. The van der Waals surface area contributed by atoms with Gasteiger partial charge in [0, 0.05) is 19.0 Å². The van der Waals surface area contributed by atoms with Crippen molar-refractivity contribution in [3.8, 4) is 0 Å². The summed E-state index contributed by atoms with van der Waals surface area (Å²) < 4.78 is 51.3. The molecule has 4 nitrogen and oxygen atoms in total. The van der Waals surface area contributed by atoms with E-state index in [1.165, 1.54) is 0 Å². The summed E-state index contributed by atoms with van der Waals surface area (Å²) in [5.74, 6) is -2.19. The molecule has 0 unspecified atom stereocenters. The number of carbonyl (C=O) groups is 1. The Kier molecular flexibility index (Phi) is 3.45. The standard InChI is InChI=1S/C11H11F2NO3S/c12-8-3-4-11(10(13)6-8)18(16,17)14-5-1-2-9(15)7-14/h3-4,6H,1-2,5,7H2. The molecule has 98 valence electrons. The molecule has 18 heavy (non-hydrogen) atoms. The summed E-state index contributed by atoms with van der Waals surface area (Å²) >= 11 is 0. The van der Waals surface area contributed by atoms with Crippen LogP contribution in [0.4, 0.5) is 8.78 Å². The Morgan fingerprint density at radius 3 is 2.56 bits per heavy atom. The molecule has 1 aromatic rings. The minimum atomic E-state index is -4.07. The molecule has 0 N–H and O–H groups in total. The quantitative estimate of drug-likeness (QED) is 0.818. The molecule has 1 fully saturated rings. The molecule has 1 saturated heterocycles. The maximum Gasteiger partial charge on any atom is 0.246 e. The van der Waals surface area contributed by atoms with E-state index < -0.39 is 26.6 Å². The van der Waals surface area contributed by atoms with Gasteiger partial charge < -0.3 is 0 Å². The lowest BCUT2D eigenvalue weighted by Gasteiger charge is -2.25. The van der Waals surface area contributed by atoms with E-state index in [0.717, 1.165) is 16.4 Å². The van der Waals surface area contributed by atoms with Crippen LogP contribution in [-0.4, -0.2) is 31.6 Å². The van der Waals surface area contributed by atoms with Gasteiger partial charge in [-0.25, -0.2) is 17.2 Å². The molecule has 1 aliphatic heterocycles. The number of Topliss-reactive ketones (excluding diaryl/α,β-unsaturated/α-hetero) is 1. The first-order chi connectivity index (χ1) is 8.41. The highest BCUT2D eigenvalue weighted by Crippen LogP contribution is 2.22. The Labute approximate surface area is 103 Å². The second-order valence-corrected chi connectivity index (χ2v) is 5.96. The largest absolute Gasteiger partial charge is 0.298 e. The highest BCUT2D eigenvalue weighted by atomic mass is 32.2. The molecule has 0 bridgehead atoms. The van der Waals surface area contributed by atoms with Crippen LogP contribution in [0.3, 0.4) is 0 Å². The fourth-order valence-electron chi connectivity index (χ4n) is 1.84. The van der Waals surface area contributed by atoms with Crippen LogP contribution in [0, 0.1) is 11.6 Å². The first-order valence-corrected chi connectivity index (χ1v) is 6.82. The zero-order valence-corrected chi connectivity index (χ0v) is 10.2. The summed E-state index contributed by atoms with van der Waals surface area (Å²) in [6, 6.07) is 2.26. The molecule has 0 saturated carbocycles. The Balaban J connectivity index is 2.38. The number of nitrogens with zero attached hydrogens (tertiary/aromatic N) is 1. The number of carbonyl (C=O) groups excluding carboxylic acids is 1. The van der Waals surface area contributed by atoms with E-state index in [4.69, 9.17) is 0 Å². The van der Waals surface area contributed by atoms with Gasteiger partial charge in [-0.2, -0.15) is 4.31 Å². The van der Waals surface area contributed by atoms with Crippen molar-refractivity contribution in [1.82, 2.24) is 4.31 Å². The summed E-state index contributed by atoms with van der Waals surface area (Å²) in [6.45, 7) is -0.0793. The lowest BCUT2D eigenvalue weighted by molar-refractivity contribution is -0.120. The van der Waals surface area contributed by atoms with E-state index in [9.17, 15) is 22.0 Å². The van der Waals surface area contributed by atoms with E-state index >= 15 is 0 Å². The third-order valence-corrected chi connectivity index (χ3v) is 4.61. The fraction of sp³-hybridized carbons (Fsp3) is 0.364. The average molecular weight is 275 g/mol. The number of ketones is 1. The van der Waals surface area contributed by atoms with E-state index in [2.05, 4.69) is 0 Å². The fourth-order valence-corrected chi connectivity index (χ4v) is 3.34. The number of rotatable bonds is 2. The summed E-state index contributed by atoms with van der Waals surface area (Å²) in [6.07, 6.45) is 0.749. The maximum atomic E-state index is 13.5. The van der Waals surface area contributed by atoms with Gasteiger partial charge in [0.1, 0.15) is 22.3 Å². The molecule has 0 amide bonds. The second-order valence-electron chi connectivity index (χ2n) is 4.06. The van der Waals surface area contributed by atoms with E-state index in [-0.39, 0.29) is 18.9 Å². The number of halogens is 2. The predicted octanol–water partition coefficient (Wildman–Crippen LogP) is 1.32. The van der Waals surface area contributed by atoms with Gasteiger partial charge >= 0.3 is 0 Å². The highest BCUT2D eigenvalue weighted by Gasteiger charge is 2.31. The predicted molar refractivity (Wildman–Crippen MR) is 59.4 cm³/mol. The van der Waals surface area contributed by atoms with Crippen LogP contribution in [0.25, 0.3) is 0 Å². The monoisotopic (exact) mass is 275 g/mol. The topological polar surface area (TPSA) is 54.5 Å². The lowest BCUT2D eigenvalue weighted by Crippen LogP contribution is -2.40. The van der Waals surface area contributed by atoms with Gasteiger partial charge in [-0.05, 0) is 18.6 Å². The van der Waals surface area contributed by atoms with E-state index in [1.54, 1.807) is 0 Å². The van der Waals surface area contributed by atoms with Crippen molar-refractivity contribution in [2.75, 3.05) is 13.1 Å². The third-order valence-electron chi connectivity index (χ3n) is 2.73.